The molecule has 2 aliphatic rings. The molecule has 50 heavy (non-hydrogen) atoms. The molecule has 0 radical (unpaired) electrons. The van der Waals surface area contributed by atoms with Crippen molar-refractivity contribution in [3.05, 3.63) is 88.6 Å². The van der Waals surface area contributed by atoms with Crippen LogP contribution >= 0.6 is 11.6 Å². The second-order valence-corrected chi connectivity index (χ2v) is 13.0. The molecule has 1 fully saturated rings. The van der Waals surface area contributed by atoms with Gasteiger partial charge in [0.05, 0.1) is 40.9 Å². The second kappa shape index (κ2) is 14.1. The molecule has 4 aromatic heterocycles. The van der Waals surface area contributed by atoms with Crippen LogP contribution < -0.4 is 20.1 Å². The van der Waals surface area contributed by atoms with Crippen LogP contribution in [0.5, 0.6) is 11.6 Å². The predicted molar refractivity (Wildman–Crippen MR) is 185 cm³/mol. The number of rotatable bonds is 10. The Morgan fingerprint density at radius 1 is 1.12 bits per heavy atom. The van der Waals surface area contributed by atoms with Crippen LogP contribution in [0.1, 0.15) is 67.0 Å². The molecule has 7 rings (SSSR count). The number of halogens is 3. The van der Waals surface area contributed by atoms with Gasteiger partial charge >= 0.3 is 6.61 Å². The van der Waals surface area contributed by atoms with Gasteiger partial charge in [-0.3, -0.25) is 19.5 Å². The van der Waals surface area contributed by atoms with Gasteiger partial charge in [0.2, 0.25) is 5.88 Å². The van der Waals surface area contributed by atoms with Crippen molar-refractivity contribution < 1.29 is 27.8 Å². The van der Waals surface area contributed by atoms with Crippen molar-refractivity contribution in [3.8, 4) is 22.8 Å². The summed E-state index contributed by atoms with van der Waals surface area (Å²) < 4.78 is 38.3. The maximum absolute atomic E-state index is 13.6. The van der Waals surface area contributed by atoms with Crippen molar-refractivity contribution >= 4 is 40.5 Å². The highest BCUT2D eigenvalue weighted by Gasteiger charge is 2.41. The van der Waals surface area contributed by atoms with E-state index >= 15 is 0 Å². The summed E-state index contributed by atoms with van der Waals surface area (Å²) in [4.78, 5) is 41.3. The average Bonchev–Trinajstić information content (AvgIpc) is 3.82. The van der Waals surface area contributed by atoms with Gasteiger partial charge in [-0.15, -0.1) is 0 Å². The first-order valence-electron chi connectivity index (χ1n) is 16.1. The Bertz CT molecular complexity index is 2050. The Labute approximate surface area is 292 Å². The van der Waals surface area contributed by atoms with Crippen molar-refractivity contribution in [1.82, 2.24) is 24.7 Å². The molecule has 1 saturated carbocycles. The molecule has 1 aromatic carbocycles. The highest BCUT2D eigenvalue weighted by Crippen LogP contribution is 2.44. The van der Waals surface area contributed by atoms with Crippen LogP contribution in [0.4, 0.5) is 14.5 Å². The molecule has 0 spiro atoms. The number of benzene rings is 1. The van der Waals surface area contributed by atoms with Crippen molar-refractivity contribution in [2.24, 2.45) is 11.7 Å². The molecule has 0 saturated heterocycles. The maximum Gasteiger partial charge on any atom is 0.388 e. The number of aromatic nitrogens is 5. The standard InChI is InChI=1S/C35H31ClF2N6O4.CH5N/c1-19(21-10-11-39-30(14-21)47-34(37)38)44-32-25(16-41-44)31(26(18-45)27(42-32)12-20-4-5-20)22-6-9-28-29(13-22)48-35(2,3)33(46)43(28)17-24-8-7-23(36)15-40-24;1-2/h6-11,13-16,18-20,34H,4-5,12,17H2,1-3H3;2H2,1H3. The summed E-state index contributed by atoms with van der Waals surface area (Å²) in [6.07, 6.45) is 8.18. The van der Waals surface area contributed by atoms with Crippen molar-refractivity contribution in [2.75, 3.05) is 11.9 Å². The summed E-state index contributed by atoms with van der Waals surface area (Å²) >= 11 is 6.04. The summed E-state index contributed by atoms with van der Waals surface area (Å²) in [6.45, 7) is 2.51. The number of nitrogens with zero attached hydrogens (tertiary/aromatic N) is 6. The Morgan fingerprint density at radius 2 is 1.90 bits per heavy atom. The van der Waals surface area contributed by atoms with E-state index in [2.05, 4.69) is 25.5 Å². The zero-order valence-electron chi connectivity index (χ0n) is 27.9. The van der Waals surface area contributed by atoms with E-state index < -0.39 is 18.3 Å². The fourth-order valence-electron chi connectivity index (χ4n) is 6.12. The third kappa shape index (κ3) is 6.88. The number of aldehydes is 1. The summed E-state index contributed by atoms with van der Waals surface area (Å²) in [5, 5.41) is 5.81. The first-order chi connectivity index (χ1) is 24.0. The van der Waals surface area contributed by atoms with Gasteiger partial charge < -0.3 is 15.2 Å². The molecule has 14 heteroatoms. The molecule has 1 atom stereocenters. The van der Waals surface area contributed by atoms with Gasteiger partial charge in [-0.2, -0.15) is 13.9 Å². The molecular formula is C36H36ClF2N7O4. The monoisotopic (exact) mass is 703 g/mol. The second-order valence-electron chi connectivity index (χ2n) is 12.6. The van der Waals surface area contributed by atoms with Crippen LogP contribution in [0.25, 0.3) is 22.2 Å². The van der Waals surface area contributed by atoms with Gasteiger partial charge in [0.1, 0.15) is 5.75 Å². The van der Waals surface area contributed by atoms with E-state index in [0.29, 0.717) is 73.5 Å². The van der Waals surface area contributed by atoms with E-state index in [9.17, 15) is 18.4 Å². The fraction of sp³-hybridized carbons (Fsp3) is 0.333. The zero-order valence-corrected chi connectivity index (χ0v) is 28.7. The molecule has 2 N–H and O–H groups in total. The van der Waals surface area contributed by atoms with E-state index in [1.807, 2.05) is 25.1 Å². The number of pyridine rings is 3. The van der Waals surface area contributed by atoms with E-state index in [0.717, 1.165) is 19.1 Å². The number of carbonyl (C=O) groups is 2. The molecule has 0 bridgehead atoms. The minimum atomic E-state index is -3.00. The number of fused-ring (bicyclic) bond motifs is 2. The lowest BCUT2D eigenvalue weighted by Crippen LogP contribution is -2.52. The normalized spacial score (nSPS) is 15.6. The van der Waals surface area contributed by atoms with E-state index in [-0.39, 0.29) is 18.3 Å². The summed E-state index contributed by atoms with van der Waals surface area (Å²) in [5.41, 5.74) is 8.20. The maximum atomic E-state index is 13.6. The predicted octanol–water partition coefficient (Wildman–Crippen LogP) is 6.80. The van der Waals surface area contributed by atoms with Gasteiger partial charge in [0.25, 0.3) is 5.91 Å². The van der Waals surface area contributed by atoms with Gasteiger partial charge in [-0.1, -0.05) is 17.7 Å². The van der Waals surface area contributed by atoms with Crippen LogP contribution in [0.3, 0.4) is 0 Å². The zero-order chi connectivity index (χ0) is 35.7. The highest BCUT2D eigenvalue weighted by molar-refractivity contribution is 6.30. The number of nitrogens with two attached hydrogens (primary N) is 1. The number of hydrogen-bond donors (Lipinski definition) is 1. The average molecular weight is 704 g/mol. The van der Waals surface area contributed by atoms with Crippen LogP contribution in [0, 0.1) is 5.92 Å². The van der Waals surface area contributed by atoms with Gasteiger partial charge in [0, 0.05) is 35.0 Å². The number of amides is 1. The van der Waals surface area contributed by atoms with Crippen molar-refractivity contribution in [1.29, 1.82) is 0 Å². The van der Waals surface area contributed by atoms with Crippen LogP contribution in [-0.4, -0.2) is 56.2 Å². The summed E-state index contributed by atoms with van der Waals surface area (Å²) in [7, 11) is 1.50. The number of hydrogen-bond acceptors (Lipinski definition) is 9. The minimum Gasteiger partial charge on any atom is -0.476 e. The third-order valence-electron chi connectivity index (χ3n) is 8.75. The van der Waals surface area contributed by atoms with Crippen LogP contribution in [0.2, 0.25) is 5.02 Å². The third-order valence-corrected chi connectivity index (χ3v) is 8.97. The van der Waals surface area contributed by atoms with E-state index in [4.69, 9.17) is 21.3 Å². The van der Waals surface area contributed by atoms with E-state index in [1.54, 1.807) is 47.8 Å². The van der Waals surface area contributed by atoms with Crippen LogP contribution in [0.15, 0.2) is 61.1 Å². The van der Waals surface area contributed by atoms with Gasteiger partial charge in [-0.05, 0) is 94.5 Å². The van der Waals surface area contributed by atoms with Crippen molar-refractivity contribution in [3.63, 3.8) is 0 Å². The lowest BCUT2D eigenvalue weighted by atomic mass is 9.93. The molecule has 5 aromatic rings. The first kappa shape index (κ1) is 34.8. The Kier molecular flexibility index (Phi) is 9.81. The Morgan fingerprint density at radius 3 is 2.58 bits per heavy atom. The largest absolute Gasteiger partial charge is 0.476 e. The Hall–Kier alpha value is -5.01. The van der Waals surface area contributed by atoms with Gasteiger partial charge in [-0.25, -0.2) is 14.6 Å². The van der Waals surface area contributed by atoms with Crippen molar-refractivity contribution in [2.45, 2.75) is 64.8 Å². The molecule has 1 aliphatic heterocycles. The molecule has 1 amide bonds. The fourth-order valence-corrected chi connectivity index (χ4v) is 6.23. The van der Waals surface area contributed by atoms with Gasteiger partial charge in [0.15, 0.2) is 17.5 Å². The molecule has 260 valence electrons. The highest BCUT2D eigenvalue weighted by atomic mass is 35.5. The number of alkyl halides is 2. The quantitative estimate of drug-likeness (QED) is 0.156. The lowest BCUT2D eigenvalue weighted by Gasteiger charge is -2.39. The Balaban J connectivity index is 0.00000212. The van der Waals surface area contributed by atoms with E-state index in [1.165, 1.54) is 25.5 Å². The molecule has 11 nitrogen and oxygen atoms in total. The first-order valence-corrected chi connectivity index (χ1v) is 16.5. The topological polar surface area (TPSA) is 138 Å². The number of carbonyl (C=O) groups excluding carboxylic acids is 2. The number of ether oxygens (including phenoxy) is 2. The molecule has 5 heterocycles. The summed E-state index contributed by atoms with van der Waals surface area (Å²) in [5.74, 6) is 0.479. The minimum absolute atomic E-state index is 0.200. The smallest absolute Gasteiger partial charge is 0.388 e. The SMILES string of the molecule is CC(c1ccnc(OC(F)F)c1)n1ncc2c(-c3ccc4c(c3)OC(C)(C)C(=O)N4Cc3ccc(Cl)cn3)c(C=O)c(CC3CC3)nc21.CN. The number of anilines is 1. The molecular weight excluding hydrogens is 668 g/mol. The lowest BCUT2D eigenvalue weighted by molar-refractivity contribution is -0.132. The molecule has 1 aliphatic carbocycles. The van der Waals surface area contributed by atoms with Crippen LogP contribution in [-0.2, 0) is 17.8 Å². The summed E-state index contributed by atoms with van der Waals surface area (Å²) in [6, 6.07) is 11.7. The molecule has 1 unspecified atom stereocenters.